The highest BCUT2D eigenvalue weighted by molar-refractivity contribution is 5.44. The summed E-state index contributed by atoms with van der Waals surface area (Å²) in [4.78, 5) is 0. The summed E-state index contributed by atoms with van der Waals surface area (Å²) in [5, 5.41) is 10.3. The number of hydrogen-bond acceptors (Lipinski definition) is 4. The third kappa shape index (κ3) is 3.66. The minimum atomic E-state index is -0.836. The molecule has 0 aliphatic heterocycles. The molecule has 1 aliphatic carbocycles. The van der Waals surface area contributed by atoms with Gasteiger partial charge in [0.2, 0.25) is 0 Å². The van der Waals surface area contributed by atoms with Crippen molar-refractivity contribution in [1.29, 1.82) is 0 Å². The molecular formula is C16H23FO4. The van der Waals surface area contributed by atoms with E-state index in [0.717, 1.165) is 12.8 Å². The van der Waals surface area contributed by atoms with Crippen molar-refractivity contribution < 1.29 is 23.7 Å². The van der Waals surface area contributed by atoms with Crippen molar-refractivity contribution in [2.75, 3.05) is 20.8 Å². The summed E-state index contributed by atoms with van der Waals surface area (Å²) in [7, 11) is 2.94. The number of rotatable bonds is 7. The first-order chi connectivity index (χ1) is 10.1. The first kappa shape index (κ1) is 16.0. The van der Waals surface area contributed by atoms with Gasteiger partial charge in [-0.15, -0.1) is 0 Å². The van der Waals surface area contributed by atoms with Gasteiger partial charge in [0.1, 0.15) is 5.82 Å². The van der Waals surface area contributed by atoms with Crippen LogP contribution in [0, 0.1) is 11.7 Å². The molecule has 1 aliphatic rings. The SMILES string of the molecule is CCOC1CC(CC(O)c2cc(OC)c(OC)cc2F)C1. The second-order valence-corrected chi connectivity index (χ2v) is 5.39. The van der Waals surface area contributed by atoms with Gasteiger partial charge in [-0.2, -0.15) is 0 Å². The lowest BCUT2D eigenvalue weighted by molar-refractivity contribution is -0.0382. The molecule has 118 valence electrons. The Balaban J connectivity index is 2.01. The third-order valence-corrected chi connectivity index (χ3v) is 4.01. The van der Waals surface area contributed by atoms with E-state index in [9.17, 15) is 9.50 Å². The van der Waals surface area contributed by atoms with Gasteiger partial charge in [0, 0.05) is 18.2 Å². The molecule has 1 unspecified atom stereocenters. The standard InChI is InChI=1S/C16H23FO4/c1-4-21-11-5-10(6-11)7-14(18)12-8-15(19-2)16(20-3)9-13(12)17/h8-11,14,18H,4-7H2,1-3H3. The highest BCUT2D eigenvalue weighted by atomic mass is 19.1. The average Bonchev–Trinajstić information content (AvgIpc) is 2.44. The summed E-state index contributed by atoms with van der Waals surface area (Å²) in [5.41, 5.74) is 0.257. The van der Waals surface area contributed by atoms with Gasteiger partial charge in [-0.3, -0.25) is 0 Å². The van der Waals surface area contributed by atoms with Crippen LogP contribution in [0.5, 0.6) is 11.5 Å². The van der Waals surface area contributed by atoms with Crippen molar-refractivity contribution in [1.82, 2.24) is 0 Å². The molecular weight excluding hydrogens is 275 g/mol. The maximum atomic E-state index is 14.1. The molecule has 0 spiro atoms. The Kier molecular flexibility index (Phi) is 5.42. The van der Waals surface area contributed by atoms with Crippen molar-refractivity contribution in [3.8, 4) is 11.5 Å². The van der Waals surface area contributed by atoms with E-state index in [-0.39, 0.29) is 5.56 Å². The van der Waals surface area contributed by atoms with Crippen LogP contribution in [0.3, 0.4) is 0 Å². The first-order valence-corrected chi connectivity index (χ1v) is 7.30. The second-order valence-electron chi connectivity index (χ2n) is 5.39. The van der Waals surface area contributed by atoms with Gasteiger partial charge < -0.3 is 19.3 Å². The molecule has 1 aromatic carbocycles. The summed E-state index contributed by atoms with van der Waals surface area (Å²) in [6, 6.07) is 2.76. The zero-order valence-electron chi connectivity index (χ0n) is 12.8. The van der Waals surface area contributed by atoms with Gasteiger partial charge in [0.05, 0.1) is 26.4 Å². The van der Waals surface area contributed by atoms with Crippen LogP contribution in [0.4, 0.5) is 4.39 Å². The predicted molar refractivity (Wildman–Crippen MR) is 77.2 cm³/mol. The number of aliphatic hydroxyl groups is 1. The van der Waals surface area contributed by atoms with E-state index in [1.165, 1.54) is 26.4 Å². The first-order valence-electron chi connectivity index (χ1n) is 7.30. The fourth-order valence-corrected chi connectivity index (χ4v) is 2.81. The van der Waals surface area contributed by atoms with Crippen LogP contribution in [0.25, 0.3) is 0 Å². The maximum Gasteiger partial charge on any atom is 0.163 e. The normalized spacial score (nSPS) is 22.5. The fraction of sp³-hybridized carbons (Fsp3) is 0.625. The molecule has 1 fully saturated rings. The molecule has 1 saturated carbocycles. The second kappa shape index (κ2) is 7.09. The average molecular weight is 298 g/mol. The van der Waals surface area contributed by atoms with Crippen LogP contribution >= 0.6 is 0 Å². The third-order valence-electron chi connectivity index (χ3n) is 4.01. The lowest BCUT2D eigenvalue weighted by Crippen LogP contribution is -2.32. The molecule has 0 bridgehead atoms. The largest absolute Gasteiger partial charge is 0.493 e. The lowest BCUT2D eigenvalue weighted by atomic mass is 9.78. The summed E-state index contributed by atoms with van der Waals surface area (Å²) < 4.78 is 29.7. The number of benzene rings is 1. The molecule has 2 rings (SSSR count). The Hall–Kier alpha value is -1.33. The minimum Gasteiger partial charge on any atom is -0.493 e. The van der Waals surface area contributed by atoms with Crippen LogP contribution < -0.4 is 9.47 Å². The van der Waals surface area contributed by atoms with E-state index in [4.69, 9.17) is 14.2 Å². The van der Waals surface area contributed by atoms with Gasteiger partial charge in [0.15, 0.2) is 11.5 Å². The molecule has 0 saturated heterocycles. The fourth-order valence-electron chi connectivity index (χ4n) is 2.81. The molecule has 5 heteroatoms. The van der Waals surface area contributed by atoms with Crippen molar-refractivity contribution in [3.63, 3.8) is 0 Å². The van der Waals surface area contributed by atoms with E-state index in [2.05, 4.69) is 0 Å². The quantitative estimate of drug-likeness (QED) is 0.840. The molecule has 4 nitrogen and oxygen atoms in total. The molecule has 1 atom stereocenters. The van der Waals surface area contributed by atoms with Crippen molar-refractivity contribution in [2.45, 2.75) is 38.4 Å². The Morgan fingerprint density at radius 1 is 1.24 bits per heavy atom. The minimum absolute atomic E-state index is 0.257. The number of methoxy groups -OCH3 is 2. The molecule has 1 N–H and O–H groups in total. The Morgan fingerprint density at radius 3 is 2.43 bits per heavy atom. The highest BCUT2D eigenvalue weighted by Crippen LogP contribution is 2.39. The van der Waals surface area contributed by atoms with Gasteiger partial charge in [0.25, 0.3) is 0 Å². The van der Waals surface area contributed by atoms with Crippen molar-refractivity contribution in [3.05, 3.63) is 23.5 Å². The van der Waals surface area contributed by atoms with E-state index >= 15 is 0 Å². The molecule has 0 aromatic heterocycles. The van der Waals surface area contributed by atoms with Crippen LogP contribution in [0.1, 0.15) is 37.9 Å². The smallest absolute Gasteiger partial charge is 0.163 e. The van der Waals surface area contributed by atoms with E-state index in [1.807, 2.05) is 6.92 Å². The monoisotopic (exact) mass is 298 g/mol. The zero-order chi connectivity index (χ0) is 15.4. The predicted octanol–water partition coefficient (Wildman–Crippen LogP) is 3.08. The van der Waals surface area contributed by atoms with Gasteiger partial charge in [-0.1, -0.05) is 0 Å². The molecule has 21 heavy (non-hydrogen) atoms. The summed E-state index contributed by atoms with van der Waals surface area (Å²) >= 11 is 0. The van der Waals surface area contributed by atoms with Crippen LogP contribution in [-0.4, -0.2) is 32.0 Å². The highest BCUT2D eigenvalue weighted by Gasteiger charge is 2.32. The van der Waals surface area contributed by atoms with Crippen molar-refractivity contribution >= 4 is 0 Å². The van der Waals surface area contributed by atoms with Gasteiger partial charge in [-0.05, 0) is 38.2 Å². The van der Waals surface area contributed by atoms with E-state index < -0.39 is 11.9 Å². The van der Waals surface area contributed by atoms with Crippen LogP contribution in [-0.2, 0) is 4.74 Å². The number of ether oxygens (including phenoxy) is 3. The van der Waals surface area contributed by atoms with E-state index in [0.29, 0.717) is 36.5 Å². The Bertz CT molecular complexity index is 472. The zero-order valence-corrected chi connectivity index (χ0v) is 12.8. The van der Waals surface area contributed by atoms with Crippen molar-refractivity contribution in [2.24, 2.45) is 5.92 Å². The Labute approximate surface area is 124 Å². The van der Waals surface area contributed by atoms with Gasteiger partial charge >= 0.3 is 0 Å². The molecule has 1 aromatic rings. The number of aliphatic hydroxyl groups excluding tert-OH is 1. The number of halogens is 1. The lowest BCUT2D eigenvalue weighted by Gasteiger charge is -2.36. The van der Waals surface area contributed by atoms with Crippen LogP contribution in [0.15, 0.2) is 12.1 Å². The molecule has 0 heterocycles. The summed E-state index contributed by atoms with van der Waals surface area (Å²) in [5.74, 6) is 0.657. The topological polar surface area (TPSA) is 47.9 Å². The summed E-state index contributed by atoms with van der Waals surface area (Å²) in [6.45, 7) is 2.69. The van der Waals surface area contributed by atoms with Gasteiger partial charge in [-0.25, -0.2) is 4.39 Å². The Morgan fingerprint density at radius 2 is 1.86 bits per heavy atom. The maximum absolute atomic E-state index is 14.1. The van der Waals surface area contributed by atoms with Crippen LogP contribution in [0.2, 0.25) is 0 Å². The molecule has 0 amide bonds. The molecule has 0 radical (unpaired) electrons. The van der Waals surface area contributed by atoms with E-state index in [1.54, 1.807) is 0 Å². The summed E-state index contributed by atoms with van der Waals surface area (Å²) in [6.07, 6.45) is 1.86. The number of hydrogen-bond donors (Lipinski definition) is 1.